The lowest BCUT2D eigenvalue weighted by Gasteiger charge is -2.48. The van der Waals surface area contributed by atoms with Gasteiger partial charge in [0.15, 0.2) is 0 Å². The molecule has 1 spiro atoms. The number of amides is 4. The predicted molar refractivity (Wildman–Crippen MR) is 283 cm³/mol. The van der Waals surface area contributed by atoms with Gasteiger partial charge in [0, 0.05) is 99.1 Å². The number of piperidine rings is 1. The average molecular weight is 1030 g/mol. The van der Waals surface area contributed by atoms with Gasteiger partial charge in [0.1, 0.15) is 22.9 Å². The van der Waals surface area contributed by atoms with Gasteiger partial charge in [-0.05, 0) is 74.8 Å². The zero-order valence-electron chi connectivity index (χ0n) is 42.5. The molecule has 0 bridgehead atoms. The van der Waals surface area contributed by atoms with Crippen LogP contribution in [0.25, 0.3) is 10.4 Å². The Kier molecular flexibility index (Phi) is 15.2. The van der Waals surface area contributed by atoms with Gasteiger partial charge in [-0.1, -0.05) is 62.9 Å². The number of carbonyl (C=O) groups is 4. The Morgan fingerprint density at radius 2 is 1.63 bits per heavy atom. The topological polar surface area (TPSA) is 228 Å². The van der Waals surface area contributed by atoms with Crippen molar-refractivity contribution in [2.75, 3.05) is 67.5 Å². The molecule has 0 aliphatic carbocycles. The Morgan fingerprint density at radius 1 is 0.904 bits per heavy atom. The predicted octanol–water partition coefficient (Wildman–Crippen LogP) is 5.69. The van der Waals surface area contributed by atoms with Gasteiger partial charge in [0.2, 0.25) is 23.7 Å². The molecule has 6 N–H and O–H groups in total. The maximum atomic E-state index is 14.3. The average Bonchev–Trinajstić information content (AvgIpc) is 4.11. The molecule has 73 heavy (non-hydrogen) atoms. The molecule has 3 aromatic heterocycles. The van der Waals surface area contributed by atoms with Gasteiger partial charge in [-0.3, -0.25) is 19.2 Å². The number of aryl methyl sites for hydroxylation is 1. The Morgan fingerprint density at radius 3 is 2.30 bits per heavy atom. The number of carbonyl (C=O) groups excluding carboxylic acids is 4. The van der Waals surface area contributed by atoms with Crippen LogP contribution >= 0.6 is 23.1 Å². The number of thiazole rings is 1. The summed E-state index contributed by atoms with van der Waals surface area (Å²) in [5, 5.41) is 20.5. The fourth-order valence-corrected chi connectivity index (χ4v) is 11.9. The van der Waals surface area contributed by atoms with E-state index in [4.69, 9.17) is 5.73 Å². The van der Waals surface area contributed by atoms with Crippen LogP contribution in [0.15, 0.2) is 88.8 Å². The fourth-order valence-electron chi connectivity index (χ4n) is 10.3. The quantitative estimate of drug-likeness (QED) is 0.0849. The van der Waals surface area contributed by atoms with Crippen LogP contribution in [-0.2, 0) is 14.4 Å². The normalized spacial score (nSPS) is 20.4. The molecule has 4 aliphatic heterocycles. The van der Waals surface area contributed by atoms with Crippen molar-refractivity contribution in [2.24, 2.45) is 16.6 Å². The number of nitrogens with one attached hydrogen (secondary N) is 3. The van der Waals surface area contributed by atoms with Gasteiger partial charge in [0.25, 0.3) is 5.91 Å². The van der Waals surface area contributed by atoms with Crippen molar-refractivity contribution in [3.63, 3.8) is 0 Å². The van der Waals surface area contributed by atoms with Crippen LogP contribution in [0.4, 0.5) is 17.5 Å². The second-order valence-electron chi connectivity index (χ2n) is 21.7. The number of anilines is 3. The summed E-state index contributed by atoms with van der Waals surface area (Å²) in [5.41, 5.74) is 11.2. The summed E-state index contributed by atoms with van der Waals surface area (Å²) < 4.78 is 0. The highest BCUT2D eigenvalue weighted by molar-refractivity contribution is 7.99. The minimum absolute atomic E-state index is 0.0306. The van der Waals surface area contributed by atoms with E-state index in [9.17, 15) is 24.3 Å². The molecule has 5 aromatic rings. The number of aromatic nitrogens is 5. The Balaban J connectivity index is 0.721. The first-order chi connectivity index (χ1) is 34.8. The van der Waals surface area contributed by atoms with E-state index in [0.717, 1.165) is 102 Å². The molecule has 4 aliphatic rings. The van der Waals surface area contributed by atoms with Crippen molar-refractivity contribution < 1.29 is 24.3 Å². The SMILES string of the molecule is Cc1ncsc1-c1ccc([C@H](C)NC(=O)[C@@H]2C[C@@H](O)CN2C(=O)[C@@H](NC(=O)c2cnc(N3CCC4(CN(CCC(=O)Nc5cccc(Sc6cnc(N7CCC(C)(N)CC7)cn6)c5)C4)C3)nc2)C(C)(C)C)cc1. The van der Waals surface area contributed by atoms with Crippen LogP contribution in [0.3, 0.4) is 0 Å². The molecule has 2 aromatic carbocycles. The van der Waals surface area contributed by atoms with E-state index in [1.807, 2.05) is 94.9 Å². The molecule has 4 atom stereocenters. The molecule has 9 rings (SSSR count). The third-order valence-electron chi connectivity index (χ3n) is 14.6. The second-order valence-corrected chi connectivity index (χ2v) is 23.7. The molecule has 0 unspecified atom stereocenters. The van der Waals surface area contributed by atoms with E-state index in [0.29, 0.717) is 18.9 Å². The Hall–Kier alpha value is -6.06. The number of aliphatic hydroxyl groups excluding tert-OH is 1. The molecule has 7 heterocycles. The summed E-state index contributed by atoms with van der Waals surface area (Å²) in [6.45, 7) is 17.1. The van der Waals surface area contributed by atoms with Gasteiger partial charge in [-0.2, -0.15) is 0 Å². The van der Waals surface area contributed by atoms with Crippen LogP contribution in [-0.4, -0.2) is 140 Å². The van der Waals surface area contributed by atoms with Crippen LogP contribution in [0.1, 0.15) is 94.4 Å². The summed E-state index contributed by atoms with van der Waals surface area (Å²) in [6, 6.07) is 13.4. The Labute approximate surface area is 435 Å². The highest BCUT2D eigenvalue weighted by atomic mass is 32.2. The van der Waals surface area contributed by atoms with Crippen molar-refractivity contribution in [3.05, 3.63) is 95.6 Å². The summed E-state index contributed by atoms with van der Waals surface area (Å²) in [4.78, 5) is 87.8. The lowest BCUT2D eigenvalue weighted by Crippen LogP contribution is -2.58. The minimum Gasteiger partial charge on any atom is -0.391 e. The summed E-state index contributed by atoms with van der Waals surface area (Å²) >= 11 is 3.08. The van der Waals surface area contributed by atoms with E-state index in [1.165, 1.54) is 29.1 Å². The van der Waals surface area contributed by atoms with E-state index in [1.54, 1.807) is 17.5 Å². The number of aliphatic hydroxyl groups is 1. The largest absolute Gasteiger partial charge is 0.391 e. The first-order valence-electron chi connectivity index (χ1n) is 25.1. The van der Waals surface area contributed by atoms with E-state index < -0.39 is 35.4 Å². The summed E-state index contributed by atoms with van der Waals surface area (Å²) in [5.74, 6) is 0.00164. The zero-order valence-corrected chi connectivity index (χ0v) is 44.1. The number of likely N-dealkylation sites (tertiary alicyclic amines) is 2. The number of benzene rings is 2. The molecule has 4 amide bonds. The maximum Gasteiger partial charge on any atom is 0.255 e. The fraction of sp³-hybridized carbons (Fsp3) is 0.491. The molecule has 386 valence electrons. The highest BCUT2D eigenvalue weighted by Gasteiger charge is 2.48. The number of rotatable bonds is 15. The van der Waals surface area contributed by atoms with Crippen LogP contribution in [0.5, 0.6) is 0 Å². The first kappa shape index (κ1) is 51.8. The monoisotopic (exact) mass is 1030 g/mol. The number of hydrogen-bond acceptors (Lipinski definition) is 16. The number of β-amino-alcohol motifs (C(OH)–C–C–N with tert-alkyl or cyclic N) is 1. The summed E-state index contributed by atoms with van der Waals surface area (Å²) in [6.07, 6.45) is 8.93. The van der Waals surface area contributed by atoms with E-state index in [-0.39, 0.29) is 47.3 Å². The number of hydrogen-bond donors (Lipinski definition) is 5. The third kappa shape index (κ3) is 12.3. The van der Waals surface area contributed by atoms with E-state index >= 15 is 0 Å². The van der Waals surface area contributed by atoms with Crippen LogP contribution in [0.2, 0.25) is 0 Å². The standard InChI is InChI=1S/C53H67N13O5S2/c1-33(35-10-12-36(13-11-35)45-34(2)59-32-72-45)60-48(70)41-23-39(67)28-66(41)49(71)46(51(3,4)5)62-47(69)37-24-57-50(58-25-37)65-21-17-53(31-65)29-63(30-53)18-14-43(68)61-38-8-7-9-40(22-38)73-44-27-55-42(26-56-44)64-19-15-52(6,54)16-20-64/h7-13,22,24-27,32-33,39,41,46,67H,14-21,23,28-31,54H2,1-6H3,(H,60,70)(H,61,68)(H,62,69)/t33-,39+,41-,46+/m0/s1. The van der Waals surface area contributed by atoms with Gasteiger partial charge in [0.05, 0.1) is 46.2 Å². The highest BCUT2D eigenvalue weighted by Crippen LogP contribution is 2.41. The molecule has 18 nitrogen and oxygen atoms in total. The third-order valence-corrected chi connectivity index (χ3v) is 16.5. The van der Waals surface area contributed by atoms with Gasteiger partial charge < -0.3 is 46.4 Å². The summed E-state index contributed by atoms with van der Waals surface area (Å²) in [7, 11) is 0. The number of nitrogens with two attached hydrogens (primary N) is 1. The Bertz CT molecular complexity index is 2770. The van der Waals surface area contributed by atoms with Crippen molar-refractivity contribution in [1.29, 1.82) is 0 Å². The van der Waals surface area contributed by atoms with Crippen LogP contribution < -0.4 is 31.5 Å². The first-order valence-corrected chi connectivity index (χ1v) is 26.8. The van der Waals surface area contributed by atoms with Crippen molar-refractivity contribution in [3.8, 4) is 10.4 Å². The van der Waals surface area contributed by atoms with Crippen LogP contribution in [0, 0.1) is 17.8 Å². The van der Waals surface area contributed by atoms with Crippen molar-refractivity contribution in [1.82, 2.24) is 45.4 Å². The zero-order chi connectivity index (χ0) is 51.7. The smallest absolute Gasteiger partial charge is 0.255 e. The van der Waals surface area contributed by atoms with Gasteiger partial charge >= 0.3 is 0 Å². The van der Waals surface area contributed by atoms with Crippen molar-refractivity contribution >= 4 is 64.2 Å². The molecule has 4 saturated heterocycles. The molecular formula is C53H67N13O5S2. The minimum atomic E-state index is -1.01. The van der Waals surface area contributed by atoms with E-state index in [2.05, 4.69) is 62.5 Å². The molecule has 0 saturated carbocycles. The lowest BCUT2D eigenvalue weighted by atomic mass is 9.79. The molecule has 20 heteroatoms. The second kappa shape index (κ2) is 21.4. The van der Waals surface area contributed by atoms with Crippen molar-refractivity contribution in [2.45, 2.75) is 113 Å². The molecule has 4 fully saturated rings. The van der Waals surface area contributed by atoms with Gasteiger partial charge in [-0.25, -0.2) is 24.9 Å². The molecular weight excluding hydrogens is 963 g/mol. The van der Waals surface area contributed by atoms with Gasteiger partial charge in [-0.15, -0.1) is 11.3 Å². The number of nitrogens with zero attached hydrogens (tertiary/aromatic N) is 9. The lowest BCUT2D eigenvalue weighted by molar-refractivity contribution is -0.142. The maximum absolute atomic E-state index is 14.3. The molecule has 0 radical (unpaired) electrons.